The fraction of sp³-hybridized carbons (Fsp3) is 0.767. The van der Waals surface area contributed by atoms with Crippen LogP contribution in [0.3, 0.4) is 0 Å². The average Bonchev–Trinajstić information content (AvgIpc) is 3.44. The number of nitrogens with zero attached hydrogens (tertiary/aromatic N) is 2. The zero-order valence-corrected chi connectivity index (χ0v) is 25.9. The van der Waals surface area contributed by atoms with Crippen molar-refractivity contribution in [2.24, 2.45) is 23.5 Å². The Labute approximate surface area is 249 Å². The van der Waals surface area contributed by atoms with Crippen LogP contribution >= 0.6 is 0 Å². The molecule has 12 nitrogen and oxygen atoms in total. The lowest BCUT2D eigenvalue weighted by molar-refractivity contribution is -0.154. The van der Waals surface area contributed by atoms with E-state index in [1.807, 2.05) is 13.0 Å². The highest BCUT2D eigenvalue weighted by molar-refractivity contribution is 5.95. The van der Waals surface area contributed by atoms with E-state index in [2.05, 4.69) is 16.7 Å². The number of nitrogens with two attached hydrogens (primary N) is 1. The largest absolute Gasteiger partial charge is 0.464 e. The monoisotopic (exact) mass is 591 g/mol. The number of allylic oxidation sites excluding steroid dienone is 2. The van der Waals surface area contributed by atoms with Crippen molar-refractivity contribution in [3.8, 4) is 0 Å². The predicted molar refractivity (Wildman–Crippen MR) is 156 cm³/mol. The van der Waals surface area contributed by atoms with Crippen LogP contribution in [0.1, 0.15) is 80.1 Å². The Bertz CT molecular complexity index is 1060. The van der Waals surface area contributed by atoms with Crippen molar-refractivity contribution < 1.29 is 33.4 Å². The maximum Gasteiger partial charge on any atom is 0.408 e. The average molecular weight is 592 g/mol. The van der Waals surface area contributed by atoms with Crippen molar-refractivity contribution in [2.45, 2.75) is 103 Å². The summed E-state index contributed by atoms with van der Waals surface area (Å²) in [6, 6.07) is -2.46. The number of primary amides is 1. The molecule has 3 aliphatic heterocycles. The Hall–Kier alpha value is -3.31. The van der Waals surface area contributed by atoms with Crippen LogP contribution < -0.4 is 16.4 Å². The number of carbonyl (C=O) groups excluding carboxylic acids is 5. The minimum atomic E-state index is -1.35. The van der Waals surface area contributed by atoms with Crippen LogP contribution in [0.4, 0.5) is 9.59 Å². The van der Waals surface area contributed by atoms with Crippen molar-refractivity contribution >= 4 is 29.9 Å². The molecule has 0 unspecified atom stereocenters. The van der Waals surface area contributed by atoms with E-state index in [1.165, 1.54) is 9.80 Å². The molecule has 2 saturated heterocycles. The summed E-state index contributed by atoms with van der Waals surface area (Å²) in [4.78, 5) is 69.2. The van der Waals surface area contributed by atoms with E-state index in [0.717, 1.165) is 19.3 Å². The number of ether oxygens (including phenoxy) is 2. The molecular formula is C30H49N5O7. The maximum atomic E-state index is 14.1. The van der Waals surface area contributed by atoms with Gasteiger partial charge in [0, 0.05) is 31.5 Å². The number of fused-ring (bicyclic) bond motifs is 3. The molecular weight excluding hydrogens is 542 g/mol. The van der Waals surface area contributed by atoms with Gasteiger partial charge in [-0.15, -0.1) is 0 Å². The van der Waals surface area contributed by atoms with E-state index >= 15 is 0 Å². The first-order valence-electron chi connectivity index (χ1n) is 15.2. The molecule has 236 valence electrons. The second-order valence-corrected chi connectivity index (χ2v) is 13.1. The number of carbonyl (C=O) groups is 5. The Balaban J connectivity index is 1.99. The number of nitrogens with one attached hydrogen (secondary N) is 2. The normalized spacial score (nSPS) is 31.9. The van der Waals surface area contributed by atoms with Crippen molar-refractivity contribution in [3.63, 3.8) is 0 Å². The first kappa shape index (κ1) is 33.2. The van der Waals surface area contributed by atoms with E-state index in [4.69, 9.17) is 15.2 Å². The van der Waals surface area contributed by atoms with Gasteiger partial charge in [0.1, 0.15) is 23.2 Å². The summed E-state index contributed by atoms with van der Waals surface area (Å²) in [6.07, 6.45) is 7.39. The first-order chi connectivity index (χ1) is 19.6. The smallest absolute Gasteiger partial charge is 0.408 e. The number of hydrogen-bond donors (Lipinski definition) is 3. The summed E-state index contributed by atoms with van der Waals surface area (Å²) in [5, 5.41) is 5.69. The Morgan fingerprint density at radius 1 is 1.14 bits per heavy atom. The predicted octanol–water partition coefficient (Wildman–Crippen LogP) is 2.70. The third-order valence-corrected chi connectivity index (χ3v) is 8.20. The van der Waals surface area contributed by atoms with Crippen LogP contribution in [-0.4, -0.2) is 89.2 Å². The molecule has 42 heavy (non-hydrogen) atoms. The number of rotatable bonds is 3. The standard InChI is InChI=1S/C30H49N5O7/c1-7-41-26(38)30(6)15-19(2)13-11-9-8-10-12-14-22(32-28(40)42-29(3,4)5)25(37)35-17-20-16-34(27(31)39)18-21(20)23(35)24(36)33-30/h11,13,19-23H,7-10,12,14-18H2,1-6H3,(H2,31,39)(H,32,40)(H,33,36)/b13-11-/t19-,20+,21+,22+,23+,30+/m1/s1. The number of alkyl carbamates (subject to hydrolysis) is 1. The molecule has 0 aromatic carbocycles. The third kappa shape index (κ3) is 8.38. The lowest BCUT2D eigenvalue weighted by Gasteiger charge is -2.36. The van der Waals surface area contributed by atoms with E-state index in [1.54, 1.807) is 34.6 Å². The molecule has 0 aromatic rings. The topological polar surface area (TPSA) is 160 Å². The number of likely N-dealkylation sites (tertiary alicyclic amines) is 1. The van der Waals surface area contributed by atoms with Gasteiger partial charge in [-0.05, 0) is 66.2 Å². The van der Waals surface area contributed by atoms with E-state index in [-0.39, 0.29) is 43.4 Å². The summed E-state index contributed by atoms with van der Waals surface area (Å²) in [6.45, 7) is 11.5. The van der Waals surface area contributed by atoms with Gasteiger partial charge in [-0.3, -0.25) is 9.59 Å². The highest BCUT2D eigenvalue weighted by atomic mass is 16.6. The second kappa shape index (κ2) is 13.8. The molecule has 4 N–H and O–H groups in total. The van der Waals surface area contributed by atoms with Gasteiger partial charge >= 0.3 is 18.1 Å². The van der Waals surface area contributed by atoms with Gasteiger partial charge in [-0.1, -0.05) is 31.9 Å². The number of esters is 1. The molecule has 6 atom stereocenters. The molecule has 3 rings (SSSR count). The molecule has 0 aliphatic carbocycles. The minimum Gasteiger partial charge on any atom is -0.464 e. The molecule has 12 heteroatoms. The Morgan fingerprint density at radius 3 is 2.50 bits per heavy atom. The van der Waals surface area contributed by atoms with Gasteiger partial charge in [0.2, 0.25) is 11.8 Å². The van der Waals surface area contributed by atoms with Crippen LogP contribution in [-0.2, 0) is 23.9 Å². The van der Waals surface area contributed by atoms with E-state index in [0.29, 0.717) is 25.8 Å². The zero-order chi connectivity index (χ0) is 31.2. The van der Waals surface area contributed by atoms with Gasteiger partial charge in [-0.2, -0.15) is 0 Å². The van der Waals surface area contributed by atoms with Gasteiger partial charge in [0.25, 0.3) is 0 Å². The molecule has 0 saturated carbocycles. The maximum absolute atomic E-state index is 14.1. The van der Waals surface area contributed by atoms with E-state index < -0.39 is 47.2 Å². The van der Waals surface area contributed by atoms with Crippen LogP contribution in [0.25, 0.3) is 0 Å². The molecule has 3 aliphatic rings. The van der Waals surface area contributed by atoms with Crippen molar-refractivity contribution in [2.75, 3.05) is 26.2 Å². The van der Waals surface area contributed by atoms with Gasteiger partial charge < -0.3 is 35.6 Å². The lowest BCUT2D eigenvalue weighted by atomic mass is 9.87. The Kier molecular flexibility index (Phi) is 10.9. The minimum absolute atomic E-state index is 0.0269. The van der Waals surface area contributed by atoms with Crippen molar-refractivity contribution in [1.82, 2.24) is 20.4 Å². The molecule has 0 spiro atoms. The lowest BCUT2D eigenvalue weighted by Crippen LogP contribution is -2.61. The summed E-state index contributed by atoms with van der Waals surface area (Å²) in [5.74, 6) is -2.04. The molecule has 5 amide bonds. The number of amides is 5. The number of urea groups is 1. The fourth-order valence-corrected chi connectivity index (χ4v) is 6.34. The van der Waals surface area contributed by atoms with Crippen LogP contribution in [0.15, 0.2) is 12.2 Å². The summed E-state index contributed by atoms with van der Waals surface area (Å²) >= 11 is 0. The van der Waals surface area contributed by atoms with Gasteiger partial charge in [0.15, 0.2) is 0 Å². The van der Waals surface area contributed by atoms with Crippen LogP contribution in [0.2, 0.25) is 0 Å². The summed E-state index contributed by atoms with van der Waals surface area (Å²) in [7, 11) is 0. The molecule has 0 bridgehead atoms. The van der Waals surface area contributed by atoms with Crippen LogP contribution in [0.5, 0.6) is 0 Å². The number of hydrogen-bond acceptors (Lipinski definition) is 7. The zero-order valence-electron chi connectivity index (χ0n) is 25.9. The molecule has 0 radical (unpaired) electrons. The van der Waals surface area contributed by atoms with Crippen molar-refractivity contribution in [1.29, 1.82) is 0 Å². The summed E-state index contributed by atoms with van der Waals surface area (Å²) in [5.41, 5.74) is 3.46. The van der Waals surface area contributed by atoms with E-state index in [9.17, 15) is 24.0 Å². The molecule has 2 fully saturated rings. The first-order valence-corrected chi connectivity index (χ1v) is 15.2. The van der Waals surface area contributed by atoms with Crippen LogP contribution in [0, 0.1) is 17.8 Å². The highest BCUT2D eigenvalue weighted by Gasteiger charge is 2.54. The molecule has 0 aromatic heterocycles. The van der Waals surface area contributed by atoms with Gasteiger partial charge in [0.05, 0.1) is 6.61 Å². The van der Waals surface area contributed by atoms with Crippen molar-refractivity contribution in [3.05, 3.63) is 12.2 Å². The Morgan fingerprint density at radius 2 is 1.86 bits per heavy atom. The molecule has 3 heterocycles. The SMILES string of the molecule is CCOC(=O)[C@]1(C)C[C@H](C)/C=C\CCCCC[C@H](NC(=O)OC(C)(C)C)C(=O)N2C[C@@H]3CN(C(N)=O)C[C@@H]3[C@H]2C(=O)N1. The summed E-state index contributed by atoms with van der Waals surface area (Å²) < 4.78 is 10.8. The second-order valence-electron chi connectivity index (χ2n) is 13.1. The third-order valence-electron chi connectivity index (χ3n) is 8.20. The van der Waals surface area contributed by atoms with Gasteiger partial charge in [-0.25, -0.2) is 14.4 Å². The fourth-order valence-electron chi connectivity index (χ4n) is 6.34. The quantitative estimate of drug-likeness (QED) is 0.336. The highest BCUT2D eigenvalue weighted by Crippen LogP contribution is 2.37.